The lowest BCUT2D eigenvalue weighted by atomic mass is 10.1. The lowest BCUT2D eigenvalue weighted by molar-refractivity contribution is 0.713. The van der Waals surface area contributed by atoms with Crippen molar-refractivity contribution in [3.05, 3.63) is 53.6 Å². The zero-order valence-electron chi connectivity index (χ0n) is 8.24. The van der Waals surface area contributed by atoms with Crippen LogP contribution in [-0.4, -0.2) is 13.1 Å². The molecule has 0 bridgehead atoms. The van der Waals surface area contributed by atoms with E-state index in [9.17, 15) is 0 Å². The summed E-state index contributed by atoms with van der Waals surface area (Å²) in [6, 6.07) is 10.4. The van der Waals surface area contributed by atoms with Crippen LogP contribution >= 0.6 is 0 Å². The molecule has 1 heterocycles. The fourth-order valence-electron chi connectivity index (χ4n) is 1.56. The first kappa shape index (κ1) is 9.22. The minimum absolute atomic E-state index is 1.01. The summed E-state index contributed by atoms with van der Waals surface area (Å²) in [4.78, 5) is 0. The predicted molar refractivity (Wildman–Crippen MR) is 61.0 cm³/mol. The van der Waals surface area contributed by atoms with Crippen LogP contribution in [0.5, 0.6) is 0 Å². The molecule has 0 aliphatic carbocycles. The molecule has 1 aliphatic rings. The number of rotatable bonds is 2. The van der Waals surface area contributed by atoms with Gasteiger partial charge in [-0.1, -0.05) is 48.6 Å². The Labute approximate surface area is 85.2 Å². The summed E-state index contributed by atoms with van der Waals surface area (Å²) in [7, 11) is 0. The van der Waals surface area contributed by atoms with Gasteiger partial charge in [0.25, 0.3) is 0 Å². The summed E-state index contributed by atoms with van der Waals surface area (Å²) in [5, 5.41) is 3.30. The summed E-state index contributed by atoms with van der Waals surface area (Å²) in [5.41, 5.74) is 2.71. The molecule has 0 aromatic heterocycles. The van der Waals surface area contributed by atoms with E-state index in [0.29, 0.717) is 0 Å². The molecule has 0 atom stereocenters. The highest BCUT2D eigenvalue weighted by Gasteiger charge is 1.97. The summed E-state index contributed by atoms with van der Waals surface area (Å²) in [6.45, 7) is 2.11. The zero-order chi connectivity index (χ0) is 9.64. The first-order valence-electron chi connectivity index (χ1n) is 5.08. The van der Waals surface area contributed by atoms with Crippen LogP contribution in [0.15, 0.2) is 48.1 Å². The summed E-state index contributed by atoms with van der Waals surface area (Å²) >= 11 is 0. The molecule has 0 fully saturated rings. The fraction of sp³-hybridized carbons (Fsp3) is 0.231. The molecule has 14 heavy (non-hydrogen) atoms. The molecule has 1 heteroatoms. The van der Waals surface area contributed by atoms with E-state index in [-0.39, 0.29) is 0 Å². The van der Waals surface area contributed by atoms with Crippen LogP contribution < -0.4 is 5.32 Å². The van der Waals surface area contributed by atoms with Crippen LogP contribution in [0.1, 0.15) is 12.0 Å². The first-order chi connectivity index (χ1) is 6.95. The second kappa shape index (κ2) is 4.77. The summed E-state index contributed by atoms with van der Waals surface area (Å²) in [5.74, 6) is 0. The molecule has 0 unspecified atom stereocenters. The Bertz CT molecular complexity index is 336. The lowest BCUT2D eigenvalue weighted by Gasteiger charge is -2.09. The summed E-state index contributed by atoms with van der Waals surface area (Å²) in [6.07, 6.45) is 7.79. The molecule has 0 saturated heterocycles. The van der Waals surface area contributed by atoms with Crippen molar-refractivity contribution in [2.45, 2.75) is 6.42 Å². The van der Waals surface area contributed by atoms with Gasteiger partial charge in [0, 0.05) is 6.54 Å². The van der Waals surface area contributed by atoms with Crippen LogP contribution in [0.25, 0.3) is 6.08 Å². The van der Waals surface area contributed by atoms with Gasteiger partial charge in [0.05, 0.1) is 0 Å². The van der Waals surface area contributed by atoms with Gasteiger partial charge in [0.2, 0.25) is 0 Å². The molecule has 1 nitrogen and oxygen atoms in total. The maximum atomic E-state index is 3.30. The van der Waals surface area contributed by atoms with Crippen LogP contribution in [0.2, 0.25) is 0 Å². The van der Waals surface area contributed by atoms with Gasteiger partial charge in [-0.3, -0.25) is 0 Å². The van der Waals surface area contributed by atoms with Gasteiger partial charge in [-0.15, -0.1) is 0 Å². The third-order valence-corrected chi connectivity index (χ3v) is 2.39. The van der Waals surface area contributed by atoms with Crippen LogP contribution in [0.4, 0.5) is 0 Å². The third kappa shape index (κ3) is 2.57. The normalized spacial score (nSPS) is 17.0. The van der Waals surface area contributed by atoms with E-state index in [4.69, 9.17) is 0 Å². The maximum absolute atomic E-state index is 3.30. The third-order valence-electron chi connectivity index (χ3n) is 2.39. The molecule has 72 valence electrons. The molecule has 1 aliphatic heterocycles. The monoisotopic (exact) mass is 185 g/mol. The topological polar surface area (TPSA) is 12.0 Å². The van der Waals surface area contributed by atoms with Crippen LogP contribution in [-0.2, 0) is 0 Å². The van der Waals surface area contributed by atoms with Crippen molar-refractivity contribution in [1.29, 1.82) is 0 Å². The van der Waals surface area contributed by atoms with Crippen molar-refractivity contribution < 1.29 is 0 Å². The zero-order valence-corrected chi connectivity index (χ0v) is 8.24. The average Bonchev–Trinajstić information content (AvgIpc) is 2.29. The van der Waals surface area contributed by atoms with Crippen LogP contribution in [0.3, 0.4) is 0 Å². The van der Waals surface area contributed by atoms with Crippen molar-refractivity contribution in [1.82, 2.24) is 5.32 Å². The van der Waals surface area contributed by atoms with E-state index in [1.54, 1.807) is 0 Å². The Morgan fingerprint density at radius 1 is 1.07 bits per heavy atom. The molecular formula is C13H15N. The van der Waals surface area contributed by atoms with E-state index < -0.39 is 0 Å². The van der Waals surface area contributed by atoms with Gasteiger partial charge >= 0.3 is 0 Å². The predicted octanol–water partition coefficient (Wildman–Crippen LogP) is 2.62. The second-order valence-corrected chi connectivity index (χ2v) is 3.48. The molecule has 0 amide bonds. The van der Waals surface area contributed by atoms with Crippen molar-refractivity contribution in [3.8, 4) is 0 Å². The van der Waals surface area contributed by atoms with Gasteiger partial charge in [-0.05, 0) is 24.1 Å². The Morgan fingerprint density at radius 3 is 2.64 bits per heavy atom. The highest BCUT2D eigenvalue weighted by molar-refractivity contribution is 5.52. The van der Waals surface area contributed by atoms with E-state index in [0.717, 1.165) is 19.5 Å². The minimum Gasteiger partial charge on any atom is -0.313 e. The number of hydrogen-bond donors (Lipinski definition) is 1. The van der Waals surface area contributed by atoms with Crippen molar-refractivity contribution >= 4 is 6.08 Å². The molecule has 0 saturated carbocycles. The number of nitrogens with one attached hydrogen (secondary N) is 1. The minimum atomic E-state index is 1.01. The van der Waals surface area contributed by atoms with Gasteiger partial charge < -0.3 is 5.32 Å². The first-order valence-corrected chi connectivity index (χ1v) is 5.08. The molecule has 0 spiro atoms. The molecule has 2 rings (SSSR count). The average molecular weight is 185 g/mol. The van der Waals surface area contributed by atoms with E-state index in [2.05, 4.69) is 47.8 Å². The lowest BCUT2D eigenvalue weighted by Crippen LogP contribution is -2.19. The number of benzene rings is 1. The van der Waals surface area contributed by atoms with Gasteiger partial charge in [-0.25, -0.2) is 0 Å². The highest BCUT2D eigenvalue weighted by Crippen LogP contribution is 2.09. The molecular weight excluding hydrogens is 170 g/mol. The molecule has 1 aromatic rings. The van der Waals surface area contributed by atoms with Gasteiger partial charge in [0.15, 0.2) is 0 Å². The van der Waals surface area contributed by atoms with Crippen LogP contribution in [0, 0.1) is 0 Å². The van der Waals surface area contributed by atoms with Crippen molar-refractivity contribution in [2.24, 2.45) is 0 Å². The fourth-order valence-corrected chi connectivity index (χ4v) is 1.56. The Morgan fingerprint density at radius 2 is 1.93 bits per heavy atom. The quantitative estimate of drug-likeness (QED) is 0.746. The summed E-state index contributed by atoms with van der Waals surface area (Å²) < 4.78 is 0. The van der Waals surface area contributed by atoms with E-state index in [1.165, 1.54) is 11.1 Å². The van der Waals surface area contributed by atoms with E-state index in [1.807, 2.05) is 6.07 Å². The van der Waals surface area contributed by atoms with Gasteiger partial charge in [-0.2, -0.15) is 0 Å². The highest BCUT2D eigenvalue weighted by atomic mass is 14.8. The number of allylic oxidation sites excluding steroid dienone is 1. The van der Waals surface area contributed by atoms with Gasteiger partial charge in [0.1, 0.15) is 0 Å². The second-order valence-electron chi connectivity index (χ2n) is 3.48. The molecule has 1 N–H and O–H groups in total. The van der Waals surface area contributed by atoms with Crippen molar-refractivity contribution in [2.75, 3.05) is 13.1 Å². The Hall–Kier alpha value is -1.34. The Balaban J connectivity index is 2.03. The van der Waals surface area contributed by atoms with Crippen molar-refractivity contribution in [3.63, 3.8) is 0 Å². The maximum Gasteiger partial charge on any atom is 0.0140 e. The molecule has 0 radical (unpaired) electrons. The van der Waals surface area contributed by atoms with E-state index >= 15 is 0 Å². The Kier molecular flexibility index (Phi) is 3.15. The molecule has 1 aromatic carbocycles. The smallest absolute Gasteiger partial charge is 0.0140 e. The number of hydrogen-bond acceptors (Lipinski definition) is 1. The largest absolute Gasteiger partial charge is 0.313 e. The standard InChI is InChI=1S/C13H15N/c1-2-4-12(5-3-1)6-7-13-8-10-14-11-9-13/h1-8,14H,9-11H2. The SMILES string of the molecule is C(=Cc1ccccc1)C1=CCNCC1.